The van der Waals surface area contributed by atoms with Crippen molar-refractivity contribution in [3.8, 4) is 0 Å². The molecule has 2 rings (SSSR count). The molecule has 0 aromatic carbocycles. The van der Waals surface area contributed by atoms with Crippen molar-refractivity contribution in [3.63, 3.8) is 0 Å². The Balaban J connectivity index is 1.85. The fraction of sp³-hybridized carbons (Fsp3) is 0.643. The van der Waals surface area contributed by atoms with Crippen molar-refractivity contribution in [2.45, 2.75) is 52.1 Å². The van der Waals surface area contributed by atoms with Crippen LogP contribution in [0.25, 0.3) is 0 Å². The van der Waals surface area contributed by atoms with E-state index in [0.717, 1.165) is 19.3 Å². The molecule has 0 spiro atoms. The summed E-state index contributed by atoms with van der Waals surface area (Å²) in [7, 11) is 0. The molecule has 1 saturated carbocycles. The van der Waals surface area contributed by atoms with Gasteiger partial charge in [0.1, 0.15) is 5.01 Å². The summed E-state index contributed by atoms with van der Waals surface area (Å²) in [6, 6.07) is -0.326. The van der Waals surface area contributed by atoms with Crippen molar-refractivity contribution in [2.75, 3.05) is 0 Å². The minimum atomic E-state index is -1.05. The van der Waals surface area contributed by atoms with Gasteiger partial charge in [-0.25, -0.2) is 14.6 Å². The number of carbonyl (C=O) groups excluding carboxylic acids is 1. The summed E-state index contributed by atoms with van der Waals surface area (Å²) in [5, 5.41) is 16.7. The second kappa shape index (κ2) is 6.01. The van der Waals surface area contributed by atoms with E-state index in [2.05, 4.69) is 29.5 Å². The Morgan fingerprint density at radius 3 is 2.76 bits per heavy atom. The maximum absolute atomic E-state index is 12.0. The van der Waals surface area contributed by atoms with Gasteiger partial charge in [-0.1, -0.05) is 13.8 Å². The number of carboxylic acid groups (broad SMARTS) is 1. The highest BCUT2D eigenvalue weighted by Gasteiger charge is 2.31. The van der Waals surface area contributed by atoms with Crippen LogP contribution in [0, 0.1) is 5.41 Å². The normalized spacial score (nSPS) is 21.8. The molecule has 0 aliphatic heterocycles. The van der Waals surface area contributed by atoms with E-state index in [1.54, 1.807) is 6.92 Å². The monoisotopic (exact) mass is 311 g/mol. The van der Waals surface area contributed by atoms with E-state index in [1.165, 1.54) is 16.7 Å². The third-order valence-corrected chi connectivity index (χ3v) is 4.79. The van der Waals surface area contributed by atoms with E-state index in [1.807, 2.05) is 0 Å². The van der Waals surface area contributed by atoms with Crippen molar-refractivity contribution in [1.82, 2.24) is 15.6 Å². The highest BCUT2D eigenvalue weighted by molar-refractivity contribution is 7.09. The van der Waals surface area contributed by atoms with Crippen molar-refractivity contribution in [3.05, 3.63) is 16.1 Å². The zero-order valence-electron chi connectivity index (χ0n) is 12.5. The van der Waals surface area contributed by atoms with Crippen LogP contribution < -0.4 is 10.6 Å². The molecule has 1 aliphatic rings. The van der Waals surface area contributed by atoms with Crippen LogP contribution in [0.1, 0.15) is 61.6 Å². The SMILES string of the molecule is CC(NC(=O)NC1CCC(C)(C)C1)c1nc(C(=O)O)cs1. The molecule has 7 heteroatoms. The van der Waals surface area contributed by atoms with Crippen molar-refractivity contribution >= 4 is 23.3 Å². The maximum atomic E-state index is 12.0. The predicted molar refractivity (Wildman–Crippen MR) is 80.6 cm³/mol. The predicted octanol–water partition coefficient (Wildman–Crippen LogP) is 2.78. The lowest BCUT2D eigenvalue weighted by molar-refractivity contribution is 0.0691. The first-order valence-electron chi connectivity index (χ1n) is 7.02. The number of hydrogen-bond donors (Lipinski definition) is 3. The van der Waals surface area contributed by atoms with Crippen LogP contribution in [-0.2, 0) is 0 Å². The van der Waals surface area contributed by atoms with Crippen molar-refractivity contribution in [2.24, 2.45) is 5.41 Å². The molecule has 116 valence electrons. The van der Waals surface area contributed by atoms with Crippen LogP contribution in [0.5, 0.6) is 0 Å². The molecule has 0 bridgehead atoms. The molecule has 1 fully saturated rings. The second-order valence-corrected chi connectivity index (χ2v) is 7.21. The number of hydrogen-bond acceptors (Lipinski definition) is 4. The molecule has 1 aromatic heterocycles. The number of aromatic carboxylic acids is 1. The van der Waals surface area contributed by atoms with E-state index in [4.69, 9.17) is 5.11 Å². The molecular weight excluding hydrogens is 290 g/mol. The fourth-order valence-electron chi connectivity index (χ4n) is 2.63. The second-order valence-electron chi connectivity index (χ2n) is 6.32. The van der Waals surface area contributed by atoms with Gasteiger partial charge in [0, 0.05) is 11.4 Å². The largest absolute Gasteiger partial charge is 0.476 e. The first kappa shape index (κ1) is 15.8. The summed E-state index contributed by atoms with van der Waals surface area (Å²) in [6.45, 7) is 6.21. The minimum absolute atomic E-state index is 0.0154. The standard InChI is InChI=1S/C14H21N3O3S/c1-8(11-17-10(7-21-11)12(18)19)15-13(20)16-9-4-5-14(2,3)6-9/h7-9H,4-6H2,1-3H3,(H,18,19)(H2,15,16,20). The molecule has 0 radical (unpaired) electrons. The molecule has 1 heterocycles. The quantitative estimate of drug-likeness (QED) is 0.797. The number of thiazole rings is 1. The smallest absolute Gasteiger partial charge is 0.355 e. The Morgan fingerprint density at radius 2 is 2.24 bits per heavy atom. The highest BCUT2D eigenvalue weighted by atomic mass is 32.1. The van der Waals surface area contributed by atoms with Gasteiger partial charge in [-0.3, -0.25) is 0 Å². The Morgan fingerprint density at radius 1 is 1.52 bits per heavy atom. The van der Waals surface area contributed by atoms with Gasteiger partial charge < -0.3 is 15.7 Å². The fourth-order valence-corrected chi connectivity index (χ4v) is 3.43. The van der Waals surface area contributed by atoms with E-state index in [9.17, 15) is 9.59 Å². The number of nitrogens with zero attached hydrogens (tertiary/aromatic N) is 1. The summed E-state index contributed by atoms with van der Waals surface area (Å²) in [5.74, 6) is -1.05. The average Bonchev–Trinajstić information content (AvgIpc) is 2.95. The Labute approximate surface area is 128 Å². The molecule has 1 aromatic rings. The van der Waals surface area contributed by atoms with E-state index >= 15 is 0 Å². The number of carbonyl (C=O) groups is 2. The number of carboxylic acids is 1. The summed E-state index contributed by atoms with van der Waals surface area (Å²) < 4.78 is 0. The number of amides is 2. The summed E-state index contributed by atoms with van der Waals surface area (Å²) >= 11 is 1.24. The lowest BCUT2D eigenvalue weighted by Gasteiger charge is -2.19. The number of rotatable bonds is 4. The first-order chi connectivity index (χ1) is 9.77. The third-order valence-electron chi connectivity index (χ3n) is 3.76. The Bertz CT molecular complexity index is 541. The molecule has 21 heavy (non-hydrogen) atoms. The topological polar surface area (TPSA) is 91.3 Å². The van der Waals surface area contributed by atoms with Crippen LogP contribution in [0.15, 0.2) is 5.38 Å². The van der Waals surface area contributed by atoms with Gasteiger partial charge in [0.05, 0.1) is 6.04 Å². The minimum Gasteiger partial charge on any atom is -0.476 e. The molecule has 2 unspecified atom stereocenters. The Kier molecular flexibility index (Phi) is 4.51. The van der Waals surface area contributed by atoms with Crippen LogP contribution >= 0.6 is 11.3 Å². The van der Waals surface area contributed by atoms with Gasteiger partial charge in [-0.2, -0.15) is 0 Å². The Hall–Kier alpha value is -1.63. The van der Waals surface area contributed by atoms with Gasteiger partial charge in [0.15, 0.2) is 5.69 Å². The zero-order chi connectivity index (χ0) is 15.6. The van der Waals surface area contributed by atoms with Gasteiger partial charge in [0.25, 0.3) is 0 Å². The number of nitrogens with one attached hydrogen (secondary N) is 2. The number of urea groups is 1. The van der Waals surface area contributed by atoms with E-state index in [-0.39, 0.29) is 29.2 Å². The van der Waals surface area contributed by atoms with Crippen LogP contribution in [-0.4, -0.2) is 28.1 Å². The van der Waals surface area contributed by atoms with E-state index in [0.29, 0.717) is 5.01 Å². The molecule has 2 amide bonds. The van der Waals surface area contributed by atoms with Gasteiger partial charge in [-0.05, 0) is 31.6 Å². The summed E-state index contributed by atoms with van der Waals surface area (Å²) in [5.41, 5.74) is 0.302. The highest BCUT2D eigenvalue weighted by Crippen LogP contribution is 2.36. The zero-order valence-corrected chi connectivity index (χ0v) is 13.3. The molecule has 3 N–H and O–H groups in total. The summed E-state index contributed by atoms with van der Waals surface area (Å²) in [4.78, 5) is 26.8. The van der Waals surface area contributed by atoms with Crippen molar-refractivity contribution in [1.29, 1.82) is 0 Å². The van der Waals surface area contributed by atoms with Crippen LogP contribution in [0.2, 0.25) is 0 Å². The first-order valence-corrected chi connectivity index (χ1v) is 7.90. The molecule has 1 aliphatic carbocycles. The third kappa shape index (κ3) is 4.17. The number of aromatic nitrogens is 1. The molecule has 6 nitrogen and oxygen atoms in total. The molecule has 2 atom stereocenters. The van der Waals surface area contributed by atoms with Gasteiger partial charge in [-0.15, -0.1) is 11.3 Å². The average molecular weight is 311 g/mol. The lowest BCUT2D eigenvalue weighted by Crippen LogP contribution is -2.42. The molecule has 0 saturated heterocycles. The lowest BCUT2D eigenvalue weighted by atomic mass is 9.92. The maximum Gasteiger partial charge on any atom is 0.355 e. The summed E-state index contributed by atoms with van der Waals surface area (Å²) in [6.07, 6.45) is 3.09. The van der Waals surface area contributed by atoms with Crippen LogP contribution in [0.4, 0.5) is 4.79 Å². The van der Waals surface area contributed by atoms with E-state index < -0.39 is 5.97 Å². The van der Waals surface area contributed by atoms with Gasteiger partial charge in [0.2, 0.25) is 0 Å². The molecular formula is C14H21N3O3S. The van der Waals surface area contributed by atoms with Crippen molar-refractivity contribution < 1.29 is 14.7 Å². The van der Waals surface area contributed by atoms with Gasteiger partial charge >= 0.3 is 12.0 Å². The van der Waals surface area contributed by atoms with Crippen LogP contribution in [0.3, 0.4) is 0 Å².